The van der Waals surface area contributed by atoms with Gasteiger partial charge in [-0.15, -0.1) is 6.58 Å². The van der Waals surface area contributed by atoms with Crippen LogP contribution in [0.15, 0.2) is 30.9 Å². The number of rotatable bonds is 6. The summed E-state index contributed by atoms with van der Waals surface area (Å²) in [5.41, 5.74) is 0.921. The van der Waals surface area contributed by atoms with E-state index >= 15 is 0 Å². The van der Waals surface area contributed by atoms with Crippen LogP contribution in [0.25, 0.3) is 0 Å². The average molecular weight is 376 g/mol. The second-order valence-corrected chi connectivity index (χ2v) is 8.43. The Bertz CT molecular complexity index is 656. The number of halogens is 2. The Labute approximate surface area is 160 Å². The van der Waals surface area contributed by atoms with Crippen LogP contribution in [-0.4, -0.2) is 11.1 Å². The van der Waals surface area contributed by atoms with Gasteiger partial charge in [-0.3, -0.25) is 4.79 Å². The first-order valence-corrected chi connectivity index (χ1v) is 10.3. The lowest BCUT2D eigenvalue weighted by Crippen LogP contribution is -2.30. The van der Waals surface area contributed by atoms with Crippen molar-refractivity contribution in [3.8, 4) is 0 Å². The molecule has 1 aromatic rings. The zero-order valence-corrected chi connectivity index (χ0v) is 15.9. The van der Waals surface area contributed by atoms with E-state index in [2.05, 4.69) is 6.58 Å². The van der Waals surface area contributed by atoms with E-state index in [0.29, 0.717) is 24.2 Å². The van der Waals surface area contributed by atoms with Crippen molar-refractivity contribution in [1.82, 2.24) is 0 Å². The maximum absolute atomic E-state index is 13.5. The first-order chi connectivity index (χ1) is 13.0. The lowest BCUT2D eigenvalue weighted by Gasteiger charge is -2.39. The van der Waals surface area contributed by atoms with Gasteiger partial charge in [0.05, 0.1) is 5.92 Å². The van der Waals surface area contributed by atoms with Crippen LogP contribution in [0.1, 0.15) is 69.3 Å². The van der Waals surface area contributed by atoms with Gasteiger partial charge in [0.2, 0.25) is 0 Å². The van der Waals surface area contributed by atoms with Crippen LogP contribution in [0, 0.1) is 35.3 Å². The quantitative estimate of drug-likeness (QED) is 0.590. The minimum absolute atomic E-state index is 0.273. The monoisotopic (exact) mass is 376 g/mol. The van der Waals surface area contributed by atoms with Gasteiger partial charge < -0.3 is 5.11 Å². The Hall–Kier alpha value is -1.71. The lowest BCUT2D eigenvalue weighted by atomic mass is 9.66. The van der Waals surface area contributed by atoms with E-state index in [1.54, 1.807) is 12.1 Å². The van der Waals surface area contributed by atoms with Gasteiger partial charge in [0.15, 0.2) is 11.6 Å². The number of benzene rings is 1. The molecule has 3 rings (SSSR count). The summed E-state index contributed by atoms with van der Waals surface area (Å²) >= 11 is 0. The summed E-state index contributed by atoms with van der Waals surface area (Å²) in [6.45, 7) is 3.70. The molecule has 2 aliphatic rings. The van der Waals surface area contributed by atoms with Crippen LogP contribution in [0.2, 0.25) is 0 Å². The van der Waals surface area contributed by atoms with Crippen molar-refractivity contribution in [1.29, 1.82) is 0 Å². The molecule has 0 saturated heterocycles. The molecule has 2 aliphatic carbocycles. The van der Waals surface area contributed by atoms with Gasteiger partial charge in [-0.1, -0.05) is 12.1 Å². The van der Waals surface area contributed by atoms with Crippen molar-refractivity contribution in [2.75, 3.05) is 0 Å². The first kappa shape index (κ1) is 20.0. The summed E-state index contributed by atoms with van der Waals surface area (Å²) in [5.74, 6) is -0.522. The van der Waals surface area contributed by atoms with Crippen LogP contribution in [0.4, 0.5) is 8.78 Å². The molecule has 0 aromatic heterocycles. The van der Waals surface area contributed by atoms with Crippen LogP contribution < -0.4 is 0 Å². The Morgan fingerprint density at radius 1 is 1.04 bits per heavy atom. The van der Waals surface area contributed by atoms with Gasteiger partial charge in [0, 0.05) is 0 Å². The maximum atomic E-state index is 13.5. The number of carboxylic acids is 1. The molecule has 2 nitrogen and oxygen atoms in total. The van der Waals surface area contributed by atoms with Crippen molar-refractivity contribution >= 4 is 5.97 Å². The maximum Gasteiger partial charge on any atom is 0.307 e. The topological polar surface area (TPSA) is 37.3 Å². The van der Waals surface area contributed by atoms with Crippen LogP contribution in [0.5, 0.6) is 0 Å². The zero-order valence-electron chi connectivity index (χ0n) is 15.9. The molecule has 148 valence electrons. The highest BCUT2D eigenvalue weighted by atomic mass is 19.2. The van der Waals surface area contributed by atoms with E-state index in [1.807, 2.05) is 0 Å². The third-order valence-corrected chi connectivity index (χ3v) is 6.98. The molecule has 2 fully saturated rings. The Kier molecular flexibility index (Phi) is 6.67. The summed E-state index contributed by atoms with van der Waals surface area (Å²) in [5, 5.41) is 9.45. The summed E-state index contributed by atoms with van der Waals surface area (Å²) < 4.78 is 26.6. The fourth-order valence-electron chi connectivity index (χ4n) is 5.38. The predicted molar refractivity (Wildman–Crippen MR) is 102 cm³/mol. The van der Waals surface area contributed by atoms with Crippen molar-refractivity contribution in [3.63, 3.8) is 0 Å². The van der Waals surface area contributed by atoms with Gasteiger partial charge in [-0.2, -0.15) is 0 Å². The number of carbonyl (C=O) groups is 1. The summed E-state index contributed by atoms with van der Waals surface area (Å²) in [6.07, 6.45) is 10.8. The third kappa shape index (κ3) is 4.77. The second kappa shape index (κ2) is 8.99. The number of allylic oxidation sites excluding steroid dienone is 1. The molecule has 1 unspecified atom stereocenters. The second-order valence-electron chi connectivity index (χ2n) is 8.43. The van der Waals surface area contributed by atoms with Crippen molar-refractivity contribution < 1.29 is 18.7 Å². The molecule has 0 heterocycles. The largest absolute Gasteiger partial charge is 0.481 e. The smallest absolute Gasteiger partial charge is 0.307 e. The SMILES string of the molecule is C=CCC(C(=O)O)C1CCC(C2CCC(c3ccc(F)c(F)c3)CC2)CC1. The molecule has 0 radical (unpaired) electrons. The van der Waals surface area contributed by atoms with Gasteiger partial charge in [-0.05, 0) is 99.2 Å². The van der Waals surface area contributed by atoms with Crippen LogP contribution >= 0.6 is 0 Å². The molecule has 1 atom stereocenters. The highest BCUT2D eigenvalue weighted by Gasteiger charge is 2.35. The minimum Gasteiger partial charge on any atom is -0.481 e. The van der Waals surface area contributed by atoms with E-state index < -0.39 is 17.6 Å². The Morgan fingerprint density at radius 2 is 1.63 bits per heavy atom. The summed E-state index contributed by atoms with van der Waals surface area (Å²) in [7, 11) is 0. The van der Waals surface area contributed by atoms with E-state index in [1.165, 1.54) is 12.1 Å². The van der Waals surface area contributed by atoms with Crippen molar-refractivity contribution in [2.24, 2.45) is 23.7 Å². The Morgan fingerprint density at radius 3 is 2.15 bits per heavy atom. The fraction of sp³-hybridized carbons (Fsp3) is 0.609. The standard InChI is InChI=1S/C23H30F2O2/c1-2-3-20(23(26)27)18-10-8-16(9-11-18)15-4-6-17(7-5-15)19-12-13-21(24)22(25)14-19/h2,12-18,20H,1,3-11H2,(H,26,27). The average Bonchev–Trinajstić information content (AvgIpc) is 2.68. The first-order valence-electron chi connectivity index (χ1n) is 10.3. The third-order valence-electron chi connectivity index (χ3n) is 6.98. The molecule has 1 aromatic carbocycles. The molecule has 0 bridgehead atoms. The van der Waals surface area contributed by atoms with Crippen LogP contribution in [-0.2, 0) is 4.79 Å². The fourth-order valence-corrected chi connectivity index (χ4v) is 5.38. The minimum atomic E-state index is -0.777. The molecule has 0 spiro atoms. The van der Waals surface area contributed by atoms with E-state index in [-0.39, 0.29) is 11.8 Å². The van der Waals surface area contributed by atoms with E-state index in [4.69, 9.17) is 0 Å². The van der Waals surface area contributed by atoms with Gasteiger partial charge in [0.1, 0.15) is 0 Å². The van der Waals surface area contributed by atoms with Gasteiger partial charge in [0.25, 0.3) is 0 Å². The Balaban J connectivity index is 1.50. The molecule has 0 aliphatic heterocycles. The number of carboxylic acid groups (broad SMARTS) is 1. The van der Waals surface area contributed by atoms with E-state index in [9.17, 15) is 18.7 Å². The molecule has 27 heavy (non-hydrogen) atoms. The molecule has 0 amide bonds. The number of hydrogen-bond donors (Lipinski definition) is 1. The highest BCUT2D eigenvalue weighted by molar-refractivity contribution is 5.70. The summed E-state index contributed by atoms with van der Waals surface area (Å²) in [6, 6.07) is 4.32. The normalized spacial score (nSPS) is 29.9. The molecule has 4 heteroatoms. The van der Waals surface area contributed by atoms with Crippen molar-refractivity contribution in [2.45, 2.75) is 63.7 Å². The molecular formula is C23H30F2O2. The molecule has 2 saturated carbocycles. The predicted octanol–water partition coefficient (Wildman–Crippen LogP) is 6.32. The zero-order chi connectivity index (χ0) is 19.4. The van der Waals surface area contributed by atoms with E-state index in [0.717, 1.165) is 56.9 Å². The molecule has 1 N–H and O–H groups in total. The highest BCUT2D eigenvalue weighted by Crippen LogP contribution is 2.45. The van der Waals surface area contributed by atoms with Crippen molar-refractivity contribution in [3.05, 3.63) is 48.1 Å². The van der Waals surface area contributed by atoms with Crippen LogP contribution in [0.3, 0.4) is 0 Å². The lowest BCUT2D eigenvalue weighted by molar-refractivity contribution is -0.144. The van der Waals surface area contributed by atoms with Gasteiger partial charge in [-0.25, -0.2) is 8.78 Å². The number of hydrogen-bond acceptors (Lipinski definition) is 1. The number of aliphatic carboxylic acids is 1. The molecular weight excluding hydrogens is 346 g/mol. The summed E-state index contributed by atoms with van der Waals surface area (Å²) in [4.78, 5) is 11.5. The van der Waals surface area contributed by atoms with Gasteiger partial charge >= 0.3 is 5.97 Å².